The average Bonchev–Trinajstić information content (AvgIpc) is 3.33. The second kappa shape index (κ2) is 12.6. The Labute approximate surface area is 240 Å². The summed E-state index contributed by atoms with van der Waals surface area (Å²) in [5.74, 6) is -1.10. The summed E-state index contributed by atoms with van der Waals surface area (Å²) in [6, 6.07) is 7.05. The largest absolute Gasteiger partial charge is 0.492 e. The summed E-state index contributed by atoms with van der Waals surface area (Å²) in [5.41, 5.74) is 7.32. The smallest absolute Gasteiger partial charge is 0.274 e. The van der Waals surface area contributed by atoms with E-state index in [-0.39, 0.29) is 47.2 Å². The van der Waals surface area contributed by atoms with Gasteiger partial charge >= 0.3 is 0 Å². The number of rotatable bonds is 8. The first-order chi connectivity index (χ1) is 19.7. The summed E-state index contributed by atoms with van der Waals surface area (Å²) in [7, 11) is 2.37. The molecule has 3 aromatic rings. The highest BCUT2D eigenvalue weighted by Crippen LogP contribution is 2.38. The first kappa shape index (κ1) is 29.0. The minimum atomic E-state index is -0.766. The number of nitrogens with one attached hydrogen (secondary N) is 1. The maximum Gasteiger partial charge on any atom is 0.274 e. The SMILES string of the molecule is C[C@@H]1C[C@H](N)C[C@H](c2ccncc2NC(=O)c2ccc(F)c(-c3c(F)cc(OCCN4CCCC4=O)cc3P)n2)C1. The van der Waals surface area contributed by atoms with Gasteiger partial charge in [-0.05, 0) is 72.7 Å². The number of halogens is 2. The Morgan fingerprint density at radius 2 is 2.02 bits per heavy atom. The van der Waals surface area contributed by atoms with Crippen LogP contribution < -0.4 is 21.1 Å². The Balaban J connectivity index is 1.33. The number of benzene rings is 1. The van der Waals surface area contributed by atoms with Crippen molar-refractivity contribution in [1.82, 2.24) is 14.9 Å². The third-order valence-corrected chi connectivity index (χ3v) is 8.19. The summed E-state index contributed by atoms with van der Waals surface area (Å²) >= 11 is 0. The molecule has 2 fully saturated rings. The van der Waals surface area contributed by atoms with Crippen LogP contribution in [0.5, 0.6) is 5.75 Å². The number of pyridine rings is 2. The fourth-order valence-electron chi connectivity index (χ4n) is 5.86. The fourth-order valence-corrected chi connectivity index (χ4v) is 6.29. The first-order valence-corrected chi connectivity index (χ1v) is 14.4. The minimum absolute atomic E-state index is 0.0654. The quantitative estimate of drug-likeness (QED) is 0.382. The molecular weight excluding hydrogens is 547 g/mol. The molecule has 1 saturated carbocycles. The molecule has 0 bridgehead atoms. The van der Waals surface area contributed by atoms with Crippen LogP contribution in [-0.4, -0.2) is 52.4 Å². The van der Waals surface area contributed by atoms with Crippen LogP contribution in [0.15, 0.2) is 42.7 Å². The monoisotopic (exact) mass is 581 g/mol. The Morgan fingerprint density at radius 3 is 2.76 bits per heavy atom. The lowest BCUT2D eigenvalue weighted by Gasteiger charge is -2.32. The number of hydrogen-bond donors (Lipinski definition) is 2. The summed E-state index contributed by atoms with van der Waals surface area (Å²) in [6.07, 6.45) is 7.35. The molecule has 3 N–H and O–H groups in total. The Hall–Kier alpha value is -3.49. The maximum atomic E-state index is 15.3. The van der Waals surface area contributed by atoms with Crippen LogP contribution in [0, 0.1) is 17.6 Å². The zero-order valence-electron chi connectivity index (χ0n) is 22.9. The first-order valence-electron chi connectivity index (χ1n) is 13.9. The normalized spacial score (nSPS) is 20.8. The number of likely N-dealkylation sites (tertiary alicyclic amines) is 1. The molecule has 4 atom stereocenters. The zero-order chi connectivity index (χ0) is 29.1. The van der Waals surface area contributed by atoms with Gasteiger partial charge in [0.15, 0.2) is 0 Å². The summed E-state index contributed by atoms with van der Waals surface area (Å²) in [6.45, 7) is 3.48. The van der Waals surface area contributed by atoms with Crippen LogP contribution >= 0.6 is 9.24 Å². The van der Waals surface area contributed by atoms with Crippen LogP contribution in [0.4, 0.5) is 14.5 Å². The molecule has 1 saturated heterocycles. The predicted octanol–water partition coefficient (Wildman–Crippen LogP) is 4.41. The Kier molecular flexibility index (Phi) is 8.90. The van der Waals surface area contributed by atoms with Crippen molar-refractivity contribution in [3.63, 3.8) is 0 Å². The summed E-state index contributed by atoms with van der Waals surface area (Å²) < 4.78 is 35.9. The lowest BCUT2D eigenvalue weighted by atomic mass is 9.76. The third kappa shape index (κ3) is 6.71. The van der Waals surface area contributed by atoms with Gasteiger partial charge in [0.05, 0.1) is 18.4 Å². The Morgan fingerprint density at radius 1 is 1.20 bits per heavy atom. The molecule has 11 heteroatoms. The van der Waals surface area contributed by atoms with Crippen molar-refractivity contribution in [2.24, 2.45) is 11.7 Å². The lowest BCUT2D eigenvalue weighted by Crippen LogP contribution is -2.31. The van der Waals surface area contributed by atoms with E-state index in [0.717, 1.165) is 43.4 Å². The third-order valence-electron chi connectivity index (χ3n) is 7.73. The van der Waals surface area contributed by atoms with Crippen molar-refractivity contribution in [3.8, 4) is 17.0 Å². The van der Waals surface area contributed by atoms with Crippen LogP contribution in [-0.2, 0) is 4.79 Å². The summed E-state index contributed by atoms with van der Waals surface area (Å²) in [4.78, 5) is 35.1. The molecule has 0 spiro atoms. The van der Waals surface area contributed by atoms with Crippen LogP contribution in [0.1, 0.15) is 61.0 Å². The van der Waals surface area contributed by atoms with E-state index in [1.807, 2.05) is 6.07 Å². The average molecular weight is 582 g/mol. The molecule has 1 aliphatic heterocycles. The van der Waals surface area contributed by atoms with Gasteiger partial charge in [-0.2, -0.15) is 0 Å². The van der Waals surface area contributed by atoms with E-state index in [1.54, 1.807) is 23.4 Å². The van der Waals surface area contributed by atoms with Crippen molar-refractivity contribution in [2.45, 2.75) is 51.0 Å². The molecule has 1 aliphatic carbocycles. The molecule has 2 amide bonds. The molecule has 216 valence electrons. The van der Waals surface area contributed by atoms with Crippen molar-refractivity contribution in [1.29, 1.82) is 0 Å². The molecule has 41 heavy (non-hydrogen) atoms. The number of nitrogens with two attached hydrogens (primary N) is 1. The van der Waals surface area contributed by atoms with Crippen LogP contribution in [0.2, 0.25) is 0 Å². The van der Waals surface area contributed by atoms with Crippen molar-refractivity contribution in [2.75, 3.05) is 25.0 Å². The van der Waals surface area contributed by atoms with E-state index in [9.17, 15) is 14.0 Å². The second-order valence-electron chi connectivity index (χ2n) is 10.9. The number of carbonyl (C=O) groups excluding carboxylic acids is 2. The number of amides is 2. The molecule has 8 nitrogen and oxygen atoms in total. The van der Waals surface area contributed by atoms with E-state index in [1.165, 1.54) is 6.07 Å². The minimum Gasteiger partial charge on any atom is -0.492 e. The number of anilines is 1. The predicted molar refractivity (Wildman–Crippen MR) is 156 cm³/mol. The molecule has 1 unspecified atom stereocenters. The van der Waals surface area contributed by atoms with E-state index in [0.29, 0.717) is 36.4 Å². The van der Waals surface area contributed by atoms with E-state index < -0.39 is 17.5 Å². The molecular formula is C30H34F2N5O3P. The molecule has 3 heterocycles. The van der Waals surface area contributed by atoms with Gasteiger partial charge in [-0.1, -0.05) is 6.92 Å². The molecule has 2 aliphatic rings. The van der Waals surface area contributed by atoms with Gasteiger partial charge in [0.1, 0.15) is 35.4 Å². The number of hydrogen-bond acceptors (Lipinski definition) is 6. The van der Waals surface area contributed by atoms with E-state index in [4.69, 9.17) is 10.5 Å². The van der Waals surface area contributed by atoms with Crippen LogP contribution in [0.3, 0.4) is 0 Å². The van der Waals surface area contributed by atoms with Crippen molar-refractivity contribution < 1.29 is 23.1 Å². The standard InChI is InChI=1S/C30H34F2N5O3P/c1-17-11-18(13-19(33)12-17)21-6-7-34-16-25(21)36-30(39)24-5-4-22(31)29(35-24)28-23(32)14-20(15-26(28)41)40-10-9-37-8-2-3-27(37)38/h4-7,14-19H,2-3,8-13,33,41H2,1H3,(H,36,39)/t17-,18+,19-/m0/s1. The molecule has 2 aromatic heterocycles. The Bertz CT molecular complexity index is 1420. The summed E-state index contributed by atoms with van der Waals surface area (Å²) in [5, 5.41) is 3.18. The highest BCUT2D eigenvalue weighted by Gasteiger charge is 2.28. The highest BCUT2D eigenvalue weighted by atomic mass is 31.0. The topological polar surface area (TPSA) is 110 Å². The number of nitrogens with zero attached hydrogens (tertiary/aromatic N) is 3. The van der Waals surface area contributed by atoms with Gasteiger partial charge in [-0.15, -0.1) is 9.24 Å². The van der Waals surface area contributed by atoms with Gasteiger partial charge in [0.25, 0.3) is 5.91 Å². The van der Waals surface area contributed by atoms with E-state index in [2.05, 4.69) is 31.4 Å². The molecule has 0 radical (unpaired) electrons. The van der Waals surface area contributed by atoms with Crippen molar-refractivity contribution in [3.05, 3.63) is 65.6 Å². The highest BCUT2D eigenvalue weighted by molar-refractivity contribution is 7.28. The maximum absolute atomic E-state index is 15.3. The van der Waals surface area contributed by atoms with Gasteiger partial charge in [0.2, 0.25) is 5.91 Å². The number of aromatic nitrogens is 2. The van der Waals surface area contributed by atoms with Gasteiger partial charge in [-0.3, -0.25) is 14.6 Å². The van der Waals surface area contributed by atoms with Crippen molar-refractivity contribution >= 4 is 32.0 Å². The second-order valence-corrected chi connectivity index (χ2v) is 11.5. The zero-order valence-corrected chi connectivity index (χ0v) is 24.1. The van der Waals surface area contributed by atoms with Gasteiger partial charge in [-0.25, -0.2) is 13.8 Å². The fraction of sp³-hybridized carbons (Fsp3) is 0.400. The van der Waals surface area contributed by atoms with Gasteiger partial charge < -0.3 is 20.7 Å². The number of ether oxygens (including phenoxy) is 1. The van der Waals surface area contributed by atoms with Gasteiger partial charge in [0, 0.05) is 36.8 Å². The number of carbonyl (C=O) groups is 2. The van der Waals surface area contributed by atoms with Crippen LogP contribution in [0.25, 0.3) is 11.3 Å². The van der Waals surface area contributed by atoms with E-state index >= 15 is 4.39 Å². The molecule has 5 rings (SSSR count). The lowest BCUT2D eigenvalue weighted by molar-refractivity contribution is -0.128. The molecule has 1 aromatic carbocycles.